The molecule has 2 rings (SSSR count). The summed E-state index contributed by atoms with van der Waals surface area (Å²) in [5.74, 6) is 0. The monoisotopic (exact) mass is 361 g/mol. The van der Waals surface area contributed by atoms with Crippen LogP contribution in [0.1, 0.15) is 35.4 Å². The Bertz CT molecular complexity index is 590. The lowest BCUT2D eigenvalue weighted by molar-refractivity contribution is 0.536. The maximum atomic E-state index is 6.21. The SMILES string of the molecule is CCCNC(Cc1ccc(Cl)c(Cl)c1)c1cc(C)c(Cl)s1. The topological polar surface area (TPSA) is 12.0 Å². The highest BCUT2D eigenvalue weighted by atomic mass is 35.5. The fourth-order valence-corrected chi connectivity index (χ4v) is 3.76. The molecule has 1 aromatic carbocycles. The van der Waals surface area contributed by atoms with Gasteiger partial charge in [-0.3, -0.25) is 0 Å². The van der Waals surface area contributed by atoms with E-state index in [1.807, 2.05) is 25.1 Å². The summed E-state index contributed by atoms with van der Waals surface area (Å²) in [4.78, 5) is 1.26. The van der Waals surface area contributed by atoms with Crippen LogP contribution in [0.25, 0.3) is 0 Å². The third kappa shape index (κ3) is 4.61. The molecule has 0 saturated carbocycles. The van der Waals surface area contributed by atoms with Crippen molar-refractivity contribution in [1.29, 1.82) is 0 Å². The van der Waals surface area contributed by atoms with E-state index in [1.165, 1.54) is 10.4 Å². The van der Waals surface area contributed by atoms with Gasteiger partial charge in [0.15, 0.2) is 0 Å². The van der Waals surface area contributed by atoms with Crippen molar-refractivity contribution < 1.29 is 0 Å². The Morgan fingerprint density at radius 1 is 1.14 bits per heavy atom. The Morgan fingerprint density at radius 3 is 2.48 bits per heavy atom. The van der Waals surface area contributed by atoms with Crippen LogP contribution in [-0.2, 0) is 6.42 Å². The van der Waals surface area contributed by atoms with Crippen LogP contribution in [0.5, 0.6) is 0 Å². The molecule has 1 aromatic heterocycles. The van der Waals surface area contributed by atoms with E-state index >= 15 is 0 Å². The molecule has 0 amide bonds. The van der Waals surface area contributed by atoms with Crippen LogP contribution in [0.2, 0.25) is 14.4 Å². The van der Waals surface area contributed by atoms with Crippen LogP contribution in [0.15, 0.2) is 24.3 Å². The van der Waals surface area contributed by atoms with Gasteiger partial charge in [-0.15, -0.1) is 11.3 Å². The molecule has 1 nitrogen and oxygen atoms in total. The van der Waals surface area contributed by atoms with Crippen LogP contribution in [0, 0.1) is 6.92 Å². The number of hydrogen-bond donors (Lipinski definition) is 1. The van der Waals surface area contributed by atoms with Crippen molar-refractivity contribution in [2.45, 2.75) is 32.7 Å². The summed E-state index contributed by atoms with van der Waals surface area (Å²) in [6.07, 6.45) is 1.96. The molecule has 0 radical (unpaired) electrons. The molecule has 0 saturated heterocycles. The Balaban J connectivity index is 2.21. The number of benzene rings is 1. The smallest absolute Gasteiger partial charge is 0.0960 e. The molecule has 0 spiro atoms. The van der Waals surface area contributed by atoms with Gasteiger partial charge in [0.1, 0.15) is 0 Å². The summed E-state index contributed by atoms with van der Waals surface area (Å²) in [7, 11) is 0. The molecular weight excluding hydrogens is 345 g/mol. The van der Waals surface area contributed by atoms with Crippen LogP contribution in [0.3, 0.4) is 0 Å². The minimum atomic E-state index is 0.249. The summed E-state index contributed by atoms with van der Waals surface area (Å²) in [6.45, 7) is 5.18. The molecule has 114 valence electrons. The van der Waals surface area contributed by atoms with Crippen molar-refractivity contribution >= 4 is 46.1 Å². The summed E-state index contributed by atoms with van der Waals surface area (Å²) in [6, 6.07) is 8.22. The molecule has 0 bridgehead atoms. The second-order valence-electron chi connectivity index (χ2n) is 5.06. The number of thiophene rings is 1. The number of nitrogens with one attached hydrogen (secondary N) is 1. The van der Waals surface area contributed by atoms with Gasteiger partial charge >= 0.3 is 0 Å². The quantitative estimate of drug-likeness (QED) is 0.635. The molecule has 0 aliphatic heterocycles. The van der Waals surface area contributed by atoms with Gasteiger partial charge in [0.05, 0.1) is 14.4 Å². The first kappa shape index (κ1) is 17.1. The molecule has 0 aliphatic carbocycles. The zero-order valence-corrected chi connectivity index (χ0v) is 15.1. The molecule has 1 N–H and O–H groups in total. The lowest BCUT2D eigenvalue weighted by Gasteiger charge is -2.17. The summed E-state index contributed by atoms with van der Waals surface area (Å²) < 4.78 is 0.863. The number of halogens is 3. The van der Waals surface area contributed by atoms with E-state index in [1.54, 1.807) is 11.3 Å². The van der Waals surface area contributed by atoms with Crippen molar-refractivity contribution in [2.75, 3.05) is 6.54 Å². The van der Waals surface area contributed by atoms with Gasteiger partial charge in [0, 0.05) is 10.9 Å². The number of rotatable bonds is 6. The lowest BCUT2D eigenvalue weighted by atomic mass is 10.0. The standard InChI is InChI=1S/C16H18Cl3NS/c1-3-6-20-14(15-7-10(2)16(19)21-15)9-11-4-5-12(17)13(18)8-11/h4-5,7-8,14,20H,3,6,9H2,1-2H3. The van der Waals surface area contributed by atoms with Gasteiger partial charge in [0.2, 0.25) is 0 Å². The highest BCUT2D eigenvalue weighted by Gasteiger charge is 2.16. The average Bonchev–Trinajstić information content (AvgIpc) is 2.78. The molecule has 0 fully saturated rings. The Kier molecular flexibility index (Phi) is 6.39. The normalized spacial score (nSPS) is 12.6. The Morgan fingerprint density at radius 2 is 1.90 bits per heavy atom. The summed E-state index contributed by atoms with van der Waals surface area (Å²) >= 11 is 19.9. The fourth-order valence-electron chi connectivity index (χ4n) is 2.15. The molecule has 5 heteroatoms. The van der Waals surface area contributed by atoms with Crippen molar-refractivity contribution in [2.24, 2.45) is 0 Å². The molecular formula is C16H18Cl3NS. The van der Waals surface area contributed by atoms with Crippen LogP contribution in [-0.4, -0.2) is 6.54 Å². The molecule has 1 atom stereocenters. The minimum Gasteiger partial charge on any atom is -0.309 e. The highest BCUT2D eigenvalue weighted by molar-refractivity contribution is 7.16. The lowest BCUT2D eigenvalue weighted by Crippen LogP contribution is -2.23. The highest BCUT2D eigenvalue weighted by Crippen LogP contribution is 2.33. The van der Waals surface area contributed by atoms with Gasteiger partial charge in [0.25, 0.3) is 0 Å². The van der Waals surface area contributed by atoms with E-state index in [0.29, 0.717) is 10.0 Å². The van der Waals surface area contributed by atoms with Crippen LogP contribution in [0.4, 0.5) is 0 Å². The first-order valence-electron chi connectivity index (χ1n) is 6.94. The first-order chi connectivity index (χ1) is 10.0. The summed E-state index contributed by atoms with van der Waals surface area (Å²) in [5, 5.41) is 4.78. The predicted molar refractivity (Wildman–Crippen MR) is 95.3 cm³/mol. The number of aryl methyl sites for hydroxylation is 1. The second-order valence-corrected chi connectivity index (χ2v) is 7.57. The first-order valence-corrected chi connectivity index (χ1v) is 8.89. The van der Waals surface area contributed by atoms with E-state index in [4.69, 9.17) is 34.8 Å². The van der Waals surface area contributed by atoms with Crippen molar-refractivity contribution in [3.63, 3.8) is 0 Å². The summed E-state index contributed by atoms with van der Waals surface area (Å²) in [5.41, 5.74) is 2.30. The van der Waals surface area contributed by atoms with Gasteiger partial charge in [-0.1, -0.05) is 47.8 Å². The Labute approximate surface area is 145 Å². The zero-order valence-electron chi connectivity index (χ0n) is 12.1. The van der Waals surface area contributed by atoms with Gasteiger partial charge in [-0.25, -0.2) is 0 Å². The third-order valence-corrected chi connectivity index (χ3v) is 5.69. The van der Waals surface area contributed by atoms with Crippen molar-refractivity contribution in [1.82, 2.24) is 5.32 Å². The molecule has 21 heavy (non-hydrogen) atoms. The second kappa shape index (κ2) is 7.85. The average molecular weight is 363 g/mol. The molecule has 1 heterocycles. The fraction of sp³-hybridized carbons (Fsp3) is 0.375. The van der Waals surface area contributed by atoms with Crippen molar-refractivity contribution in [3.05, 3.63) is 54.7 Å². The molecule has 1 unspecified atom stereocenters. The van der Waals surface area contributed by atoms with E-state index in [-0.39, 0.29) is 6.04 Å². The Hall–Kier alpha value is -0.250. The van der Waals surface area contributed by atoms with Gasteiger partial charge in [-0.05, 0) is 55.6 Å². The maximum absolute atomic E-state index is 6.21. The van der Waals surface area contributed by atoms with Gasteiger partial charge < -0.3 is 5.32 Å². The largest absolute Gasteiger partial charge is 0.309 e. The number of hydrogen-bond acceptors (Lipinski definition) is 2. The van der Waals surface area contributed by atoms with E-state index in [9.17, 15) is 0 Å². The zero-order chi connectivity index (χ0) is 15.4. The molecule has 0 aliphatic rings. The minimum absolute atomic E-state index is 0.249. The maximum Gasteiger partial charge on any atom is 0.0960 e. The third-order valence-electron chi connectivity index (χ3n) is 3.28. The van der Waals surface area contributed by atoms with E-state index in [0.717, 1.165) is 29.3 Å². The van der Waals surface area contributed by atoms with Crippen LogP contribution >= 0.6 is 46.1 Å². The van der Waals surface area contributed by atoms with E-state index in [2.05, 4.69) is 18.3 Å². The van der Waals surface area contributed by atoms with E-state index < -0.39 is 0 Å². The van der Waals surface area contributed by atoms with Gasteiger partial charge in [-0.2, -0.15) is 0 Å². The van der Waals surface area contributed by atoms with Crippen molar-refractivity contribution in [3.8, 4) is 0 Å². The molecule has 2 aromatic rings. The predicted octanol–water partition coefficient (Wildman–Crippen LogP) is 6.30. The van der Waals surface area contributed by atoms with Crippen LogP contribution < -0.4 is 5.32 Å².